The Morgan fingerprint density at radius 2 is 1.78 bits per heavy atom. The van der Waals surface area contributed by atoms with Gasteiger partial charge in [-0.05, 0) is 57.7 Å². The van der Waals surface area contributed by atoms with Crippen LogP contribution in [0.5, 0.6) is 5.88 Å². The molecule has 36 heavy (non-hydrogen) atoms. The number of pyridine rings is 2. The molecule has 2 bridgehead atoms. The van der Waals surface area contributed by atoms with E-state index in [0.29, 0.717) is 29.6 Å². The average Bonchev–Trinajstić information content (AvgIpc) is 3.08. The van der Waals surface area contributed by atoms with Gasteiger partial charge >= 0.3 is 6.18 Å². The van der Waals surface area contributed by atoms with Gasteiger partial charge in [0.15, 0.2) is 5.60 Å². The number of fused-ring (bicyclic) bond motifs is 2. The predicted octanol–water partition coefficient (Wildman–Crippen LogP) is 3.90. The number of aromatic nitrogens is 2. The van der Waals surface area contributed by atoms with Gasteiger partial charge < -0.3 is 20.3 Å². The van der Waals surface area contributed by atoms with Gasteiger partial charge in [0, 0.05) is 36.6 Å². The normalized spacial score (nSPS) is 21.7. The SMILES string of the molecule is CC(C)(Oc1ccc(Cl)cn1)C(=O)N[C@H]1C[C@H]2CC[C@@H](C1)N2c1ccc(C(=O)NCC(F)(F)F)cn1. The van der Waals surface area contributed by atoms with Crippen molar-refractivity contribution >= 4 is 29.2 Å². The van der Waals surface area contributed by atoms with Crippen LogP contribution in [0.4, 0.5) is 19.0 Å². The van der Waals surface area contributed by atoms with Crippen LogP contribution in [0.1, 0.15) is 49.9 Å². The summed E-state index contributed by atoms with van der Waals surface area (Å²) in [5, 5.41) is 5.42. The first-order valence-electron chi connectivity index (χ1n) is 11.6. The molecule has 0 aliphatic carbocycles. The van der Waals surface area contributed by atoms with Gasteiger partial charge in [0.05, 0.1) is 10.6 Å². The minimum atomic E-state index is -4.48. The Bertz CT molecular complexity index is 1080. The molecule has 2 aromatic rings. The summed E-state index contributed by atoms with van der Waals surface area (Å²) in [7, 11) is 0. The fourth-order valence-electron chi connectivity index (χ4n) is 4.71. The first-order chi connectivity index (χ1) is 16.9. The van der Waals surface area contributed by atoms with Crippen LogP contribution in [-0.4, -0.2) is 58.2 Å². The highest BCUT2D eigenvalue weighted by molar-refractivity contribution is 6.30. The number of carbonyl (C=O) groups excluding carboxylic acids is 2. The minimum absolute atomic E-state index is 0.0419. The van der Waals surface area contributed by atoms with Crippen LogP contribution in [0.15, 0.2) is 36.7 Å². The molecule has 2 aliphatic rings. The number of rotatable bonds is 7. The Balaban J connectivity index is 1.34. The summed E-state index contributed by atoms with van der Waals surface area (Å²) in [6.07, 6.45) is 1.56. The lowest BCUT2D eigenvalue weighted by Gasteiger charge is -2.40. The molecule has 194 valence electrons. The van der Waals surface area contributed by atoms with Gasteiger partial charge in [-0.15, -0.1) is 0 Å². The molecule has 4 heterocycles. The summed E-state index contributed by atoms with van der Waals surface area (Å²) < 4.78 is 42.8. The largest absolute Gasteiger partial charge is 0.462 e. The quantitative estimate of drug-likeness (QED) is 0.569. The Labute approximate surface area is 211 Å². The zero-order chi connectivity index (χ0) is 26.1. The third-order valence-corrected chi connectivity index (χ3v) is 6.62. The summed E-state index contributed by atoms with van der Waals surface area (Å²) in [6.45, 7) is 1.96. The van der Waals surface area contributed by atoms with Crippen molar-refractivity contribution in [2.24, 2.45) is 0 Å². The number of carbonyl (C=O) groups is 2. The number of amides is 2. The molecule has 8 nitrogen and oxygen atoms in total. The lowest BCUT2D eigenvalue weighted by atomic mass is 9.96. The molecular formula is C24H27ClF3N5O3. The van der Waals surface area contributed by atoms with Crippen molar-refractivity contribution in [2.45, 2.75) is 69.4 Å². The number of hydrogen-bond donors (Lipinski definition) is 2. The van der Waals surface area contributed by atoms with Crippen molar-refractivity contribution < 1.29 is 27.5 Å². The lowest BCUT2D eigenvalue weighted by Crippen LogP contribution is -2.55. The zero-order valence-corrected chi connectivity index (χ0v) is 20.6. The molecule has 3 atom stereocenters. The van der Waals surface area contributed by atoms with Crippen LogP contribution in [-0.2, 0) is 4.79 Å². The van der Waals surface area contributed by atoms with Crippen molar-refractivity contribution in [3.05, 3.63) is 47.2 Å². The molecule has 2 aliphatic heterocycles. The molecule has 2 amide bonds. The maximum Gasteiger partial charge on any atom is 0.405 e. The topological polar surface area (TPSA) is 96.5 Å². The van der Waals surface area contributed by atoms with Crippen molar-refractivity contribution in [3.63, 3.8) is 0 Å². The fourth-order valence-corrected chi connectivity index (χ4v) is 4.83. The summed E-state index contributed by atoms with van der Waals surface area (Å²) in [6, 6.07) is 6.63. The van der Waals surface area contributed by atoms with Crippen LogP contribution in [0, 0.1) is 0 Å². The van der Waals surface area contributed by atoms with Crippen LogP contribution < -0.4 is 20.3 Å². The van der Waals surface area contributed by atoms with Gasteiger partial charge in [-0.1, -0.05) is 11.6 Å². The first-order valence-corrected chi connectivity index (χ1v) is 12.0. The zero-order valence-electron chi connectivity index (χ0n) is 19.8. The van der Waals surface area contributed by atoms with E-state index in [-0.39, 0.29) is 29.6 Å². The summed E-state index contributed by atoms with van der Waals surface area (Å²) >= 11 is 5.85. The second kappa shape index (κ2) is 10.1. The van der Waals surface area contributed by atoms with Gasteiger partial charge in [0.25, 0.3) is 11.8 Å². The highest BCUT2D eigenvalue weighted by Gasteiger charge is 2.43. The Morgan fingerprint density at radius 3 is 2.33 bits per heavy atom. The number of halogens is 4. The summed E-state index contributed by atoms with van der Waals surface area (Å²) in [5.41, 5.74) is -1.07. The van der Waals surface area contributed by atoms with Gasteiger partial charge in [-0.25, -0.2) is 9.97 Å². The van der Waals surface area contributed by atoms with Gasteiger partial charge in [-0.2, -0.15) is 13.2 Å². The minimum Gasteiger partial charge on any atom is -0.462 e. The molecule has 2 saturated heterocycles. The van der Waals surface area contributed by atoms with Crippen molar-refractivity contribution in [3.8, 4) is 5.88 Å². The summed E-state index contributed by atoms with van der Waals surface area (Å²) in [5.74, 6) is -0.105. The van der Waals surface area contributed by atoms with Crippen LogP contribution in [0.25, 0.3) is 0 Å². The number of anilines is 1. The molecular weight excluding hydrogens is 499 g/mol. The highest BCUT2D eigenvalue weighted by atomic mass is 35.5. The number of alkyl halides is 3. The average molecular weight is 526 g/mol. The molecule has 0 radical (unpaired) electrons. The van der Waals surface area contributed by atoms with E-state index in [9.17, 15) is 22.8 Å². The maximum atomic E-state index is 13.0. The van der Waals surface area contributed by atoms with E-state index >= 15 is 0 Å². The molecule has 2 aromatic heterocycles. The number of ether oxygens (including phenoxy) is 1. The molecule has 2 fully saturated rings. The standard InChI is InChI=1S/C24H27ClF3N5O3/c1-23(2,36-20-8-4-15(25)12-30-20)22(35)32-16-9-17-5-6-18(10-16)33(17)19-7-3-14(11-29-19)21(34)31-13-24(26,27)28/h3-4,7-8,11-12,16-18H,5-6,9-10,13H2,1-2H3,(H,31,34)(H,32,35)/t16-,17+,18-. The molecule has 0 spiro atoms. The number of nitrogens with one attached hydrogen (secondary N) is 2. The molecule has 4 rings (SSSR count). The van der Waals surface area contributed by atoms with E-state index in [1.165, 1.54) is 18.5 Å². The van der Waals surface area contributed by atoms with E-state index in [4.69, 9.17) is 16.3 Å². The summed E-state index contributed by atoms with van der Waals surface area (Å²) in [4.78, 5) is 35.5. The van der Waals surface area contributed by atoms with Crippen LogP contribution >= 0.6 is 11.6 Å². The molecule has 0 saturated carbocycles. The van der Waals surface area contributed by atoms with E-state index in [1.54, 1.807) is 32.0 Å². The fraction of sp³-hybridized carbons (Fsp3) is 0.500. The first kappa shape index (κ1) is 26.0. The van der Waals surface area contributed by atoms with Crippen molar-refractivity contribution in [2.75, 3.05) is 11.4 Å². The smallest absolute Gasteiger partial charge is 0.405 e. The van der Waals surface area contributed by atoms with E-state index in [0.717, 1.165) is 12.8 Å². The van der Waals surface area contributed by atoms with Gasteiger partial charge in [0.2, 0.25) is 5.88 Å². The predicted molar refractivity (Wildman–Crippen MR) is 127 cm³/mol. The molecule has 0 aromatic carbocycles. The Kier molecular flexibility index (Phi) is 7.31. The van der Waals surface area contributed by atoms with Crippen molar-refractivity contribution in [1.82, 2.24) is 20.6 Å². The second-order valence-corrected chi connectivity index (χ2v) is 10.0. The van der Waals surface area contributed by atoms with E-state index in [1.807, 2.05) is 5.32 Å². The highest BCUT2D eigenvalue weighted by Crippen LogP contribution is 2.38. The maximum absolute atomic E-state index is 13.0. The van der Waals surface area contributed by atoms with Crippen LogP contribution in [0.2, 0.25) is 5.02 Å². The number of hydrogen-bond acceptors (Lipinski definition) is 6. The number of piperidine rings is 1. The third-order valence-electron chi connectivity index (χ3n) is 6.40. The molecule has 12 heteroatoms. The lowest BCUT2D eigenvalue weighted by molar-refractivity contribution is -0.135. The van der Waals surface area contributed by atoms with E-state index < -0.39 is 24.2 Å². The Hall–Kier alpha value is -3.08. The molecule has 2 N–H and O–H groups in total. The number of nitrogens with zero attached hydrogens (tertiary/aromatic N) is 3. The van der Waals surface area contributed by atoms with E-state index in [2.05, 4.69) is 20.2 Å². The monoisotopic (exact) mass is 525 g/mol. The Morgan fingerprint density at radius 1 is 1.08 bits per heavy atom. The van der Waals surface area contributed by atoms with Gasteiger partial charge in [0.1, 0.15) is 12.4 Å². The molecule has 0 unspecified atom stereocenters. The van der Waals surface area contributed by atoms with Crippen molar-refractivity contribution in [1.29, 1.82) is 0 Å². The van der Waals surface area contributed by atoms with Crippen LogP contribution in [0.3, 0.4) is 0 Å². The van der Waals surface area contributed by atoms with Gasteiger partial charge in [-0.3, -0.25) is 9.59 Å². The second-order valence-electron chi connectivity index (χ2n) is 9.56. The third kappa shape index (κ3) is 6.18.